The number of hydrogen-bond donors (Lipinski definition) is 0. The molecule has 0 amide bonds. The van der Waals surface area contributed by atoms with Gasteiger partial charge in [0.1, 0.15) is 6.67 Å². The summed E-state index contributed by atoms with van der Waals surface area (Å²) in [5, 5.41) is 1.99. The van der Waals surface area contributed by atoms with Crippen molar-refractivity contribution in [3.05, 3.63) is 83.2 Å². The molecule has 0 fully saturated rings. The largest absolute Gasteiger partial charge is 0.349 e. The first-order valence-electron chi connectivity index (χ1n) is 7.65. The van der Waals surface area contributed by atoms with E-state index >= 15 is 0 Å². The zero-order valence-corrected chi connectivity index (χ0v) is 15.3. The molecular weight excluding hydrogens is 352 g/mol. The molecule has 1 heterocycles. The van der Waals surface area contributed by atoms with Crippen LogP contribution >= 0.6 is 17.0 Å². The molecule has 122 valence electrons. The Morgan fingerprint density at radius 2 is 1.39 bits per heavy atom. The molecule has 0 atom stereocenters. The first-order chi connectivity index (χ1) is 10.7. The Morgan fingerprint density at radius 1 is 0.826 bits per heavy atom. The van der Waals surface area contributed by atoms with Gasteiger partial charge in [-0.1, -0.05) is 60.7 Å². The van der Waals surface area contributed by atoms with Gasteiger partial charge in [0.15, 0.2) is 0 Å². The maximum Gasteiger partial charge on any atom is 0.116 e. The quantitative estimate of drug-likeness (QED) is 0.752. The predicted octanol–water partition coefficient (Wildman–Crippen LogP) is 4.72. The molecule has 0 N–H and O–H groups in total. The number of benzene rings is 2. The van der Waals surface area contributed by atoms with Crippen LogP contribution in [0.1, 0.15) is 25.0 Å². The highest BCUT2D eigenvalue weighted by Gasteiger charge is 2.24. The highest BCUT2D eigenvalue weighted by Crippen LogP contribution is 2.25. The third-order valence-corrected chi connectivity index (χ3v) is 4.12. The maximum atomic E-state index is 5.97. The first-order valence-corrected chi connectivity index (χ1v) is 7.65. The SMILES string of the molecule is Br.CC1=C(C)N(OCc2ccccc2)CN1Cc1ccccc1. The molecule has 0 saturated heterocycles. The van der Waals surface area contributed by atoms with Gasteiger partial charge in [0.25, 0.3) is 0 Å². The minimum absolute atomic E-state index is 0. The van der Waals surface area contributed by atoms with Gasteiger partial charge in [0, 0.05) is 12.2 Å². The standard InChI is InChI=1S/C19H22N2O.BrH/c1-16-17(2)21(22-14-19-11-7-4-8-12-19)15-20(16)13-18-9-5-3-6-10-18;/h3-12H,13-15H2,1-2H3;1H. The molecule has 2 aromatic rings. The van der Waals surface area contributed by atoms with E-state index in [1.54, 1.807) is 0 Å². The van der Waals surface area contributed by atoms with Crippen molar-refractivity contribution in [1.82, 2.24) is 9.96 Å². The molecule has 3 nitrogen and oxygen atoms in total. The highest BCUT2D eigenvalue weighted by molar-refractivity contribution is 8.93. The zero-order valence-electron chi connectivity index (χ0n) is 13.6. The molecule has 0 aliphatic carbocycles. The van der Waals surface area contributed by atoms with Crippen LogP contribution in [0.3, 0.4) is 0 Å². The molecule has 0 radical (unpaired) electrons. The molecule has 3 rings (SSSR count). The van der Waals surface area contributed by atoms with Gasteiger partial charge < -0.3 is 4.90 Å². The van der Waals surface area contributed by atoms with Crippen molar-refractivity contribution in [3.63, 3.8) is 0 Å². The number of hydroxylamine groups is 2. The molecule has 0 spiro atoms. The van der Waals surface area contributed by atoms with E-state index in [0.29, 0.717) is 6.61 Å². The van der Waals surface area contributed by atoms with Gasteiger partial charge in [0.05, 0.1) is 12.3 Å². The van der Waals surface area contributed by atoms with Crippen LogP contribution in [0.15, 0.2) is 72.1 Å². The fourth-order valence-corrected chi connectivity index (χ4v) is 2.61. The van der Waals surface area contributed by atoms with Gasteiger partial charge in [0.2, 0.25) is 0 Å². The van der Waals surface area contributed by atoms with Crippen LogP contribution in [-0.2, 0) is 18.0 Å². The van der Waals surface area contributed by atoms with E-state index in [1.807, 2.05) is 23.3 Å². The van der Waals surface area contributed by atoms with Crippen molar-refractivity contribution < 1.29 is 4.84 Å². The molecule has 0 bridgehead atoms. The van der Waals surface area contributed by atoms with E-state index in [-0.39, 0.29) is 17.0 Å². The minimum Gasteiger partial charge on any atom is -0.349 e. The fourth-order valence-electron chi connectivity index (χ4n) is 2.61. The first kappa shape index (κ1) is 17.6. The van der Waals surface area contributed by atoms with E-state index in [1.165, 1.54) is 22.5 Å². The average molecular weight is 375 g/mol. The molecule has 1 aliphatic rings. The number of nitrogens with zero attached hydrogens (tertiary/aromatic N) is 2. The Hall–Kier alpha value is -1.78. The Kier molecular flexibility index (Phi) is 6.25. The van der Waals surface area contributed by atoms with Gasteiger partial charge >= 0.3 is 0 Å². The average Bonchev–Trinajstić information content (AvgIpc) is 2.83. The van der Waals surface area contributed by atoms with Crippen LogP contribution in [0.4, 0.5) is 0 Å². The lowest BCUT2D eigenvalue weighted by Crippen LogP contribution is -2.27. The number of halogens is 1. The normalized spacial score (nSPS) is 14.2. The summed E-state index contributed by atoms with van der Waals surface area (Å²) in [6, 6.07) is 20.8. The minimum atomic E-state index is 0. The lowest BCUT2D eigenvalue weighted by Gasteiger charge is -2.23. The fraction of sp³-hybridized carbons (Fsp3) is 0.263. The molecule has 4 heteroatoms. The van der Waals surface area contributed by atoms with Crippen LogP contribution in [0, 0.1) is 0 Å². The lowest BCUT2D eigenvalue weighted by molar-refractivity contribution is -0.149. The summed E-state index contributed by atoms with van der Waals surface area (Å²) < 4.78 is 0. The second-order valence-electron chi connectivity index (χ2n) is 5.63. The van der Waals surface area contributed by atoms with Crippen molar-refractivity contribution >= 4 is 17.0 Å². The van der Waals surface area contributed by atoms with Crippen LogP contribution in [-0.4, -0.2) is 16.6 Å². The van der Waals surface area contributed by atoms with Crippen molar-refractivity contribution in [2.75, 3.05) is 6.67 Å². The summed E-state index contributed by atoms with van der Waals surface area (Å²) in [5.74, 6) is 0. The van der Waals surface area contributed by atoms with E-state index in [2.05, 4.69) is 61.2 Å². The molecule has 1 aliphatic heterocycles. The monoisotopic (exact) mass is 374 g/mol. The smallest absolute Gasteiger partial charge is 0.116 e. The summed E-state index contributed by atoms with van der Waals surface area (Å²) in [4.78, 5) is 8.32. The second-order valence-corrected chi connectivity index (χ2v) is 5.63. The van der Waals surface area contributed by atoms with E-state index < -0.39 is 0 Å². The number of hydrogen-bond acceptors (Lipinski definition) is 3. The van der Waals surface area contributed by atoms with Crippen molar-refractivity contribution in [2.24, 2.45) is 0 Å². The van der Waals surface area contributed by atoms with E-state index in [0.717, 1.165) is 13.2 Å². The topological polar surface area (TPSA) is 15.7 Å². The molecule has 0 saturated carbocycles. The van der Waals surface area contributed by atoms with Crippen LogP contribution in [0.2, 0.25) is 0 Å². The Bertz CT molecular complexity index is 643. The van der Waals surface area contributed by atoms with Gasteiger partial charge in [-0.05, 0) is 25.0 Å². The van der Waals surface area contributed by atoms with Crippen LogP contribution in [0.25, 0.3) is 0 Å². The second kappa shape index (κ2) is 8.18. The molecule has 23 heavy (non-hydrogen) atoms. The molecule has 0 aromatic heterocycles. The Labute approximate surface area is 148 Å². The van der Waals surface area contributed by atoms with Crippen LogP contribution < -0.4 is 0 Å². The van der Waals surface area contributed by atoms with Crippen molar-refractivity contribution in [3.8, 4) is 0 Å². The summed E-state index contributed by atoms with van der Waals surface area (Å²) in [6.07, 6.45) is 0. The summed E-state index contributed by atoms with van der Waals surface area (Å²) in [5.41, 5.74) is 4.97. The van der Waals surface area contributed by atoms with E-state index in [9.17, 15) is 0 Å². The summed E-state index contributed by atoms with van der Waals surface area (Å²) >= 11 is 0. The number of rotatable bonds is 5. The lowest BCUT2D eigenvalue weighted by atomic mass is 10.2. The van der Waals surface area contributed by atoms with Gasteiger partial charge in [-0.2, -0.15) is 0 Å². The van der Waals surface area contributed by atoms with Crippen molar-refractivity contribution in [2.45, 2.75) is 27.0 Å². The molecule has 0 unspecified atom stereocenters. The third-order valence-electron chi connectivity index (χ3n) is 4.12. The van der Waals surface area contributed by atoms with Crippen molar-refractivity contribution in [1.29, 1.82) is 0 Å². The Balaban J connectivity index is 0.00000192. The highest BCUT2D eigenvalue weighted by atomic mass is 79.9. The van der Waals surface area contributed by atoms with Gasteiger partial charge in [-0.3, -0.25) is 4.84 Å². The predicted molar refractivity (Wildman–Crippen MR) is 98.6 cm³/mol. The molecule has 2 aromatic carbocycles. The zero-order chi connectivity index (χ0) is 15.4. The Morgan fingerprint density at radius 3 is 2.00 bits per heavy atom. The van der Waals surface area contributed by atoms with Gasteiger partial charge in [-0.15, -0.1) is 17.0 Å². The number of allylic oxidation sites excluding steroid dienone is 2. The van der Waals surface area contributed by atoms with Crippen LogP contribution in [0.5, 0.6) is 0 Å². The van der Waals surface area contributed by atoms with Gasteiger partial charge in [-0.25, -0.2) is 5.06 Å². The third kappa shape index (κ3) is 4.36. The molecular formula is C19H23BrN2O. The summed E-state index contributed by atoms with van der Waals surface area (Å²) in [7, 11) is 0. The van der Waals surface area contributed by atoms with E-state index in [4.69, 9.17) is 4.84 Å². The maximum absolute atomic E-state index is 5.97. The summed E-state index contributed by atoms with van der Waals surface area (Å²) in [6.45, 7) is 6.56.